The number of amides is 1. The molecule has 0 atom stereocenters. The van der Waals surface area contributed by atoms with Crippen molar-refractivity contribution in [2.45, 2.75) is 69.8 Å². The molecular weight excluding hydrogens is 744 g/mol. The predicted molar refractivity (Wildman–Crippen MR) is 181 cm³/mol. The maximum atomic E-state index is 13.5. The van der Waals surface area contributed by atoms with Crippen LogP contribution in [0, 0.1) is 0 Å². The van der Waals surface area contributed by atoms with Crippen molar-refractivity contribution in [3.8, 4) is 11.5 Å². The molecule has 13 heteroatoms. The number of halogens is 3. The van der Waals surface area contributed by atoms with Gasteiger partial charge in [-0.3, -0.25) is 0 Å². The molecule has 0 unspecified atom stereocenters. The van der Waals surface area contributed by atoms with Gasteiger partial charge in [0.1, 0.15) is 0 Å². The summed E-state index contributed by atoms with van der Waals surface area (Å²) in [6.45, 7) is 13.9. The molecule has 246 valence electrons. The molecule has 2 N–H and O–H groups in total. The molecule has 3 aromatic carbocycles. The number of anilines is 2. The van der Waals surface area contributed by atoms with Crippen LogP contribution in [-0.4, -0.2) is 54.2 Å². The van der Waals surface area contributed by atoms with Gasteiger partial charge in [0.25, 0.3) is 0 Å². The fourth-order valence-electron chi connectivity index (χ4n) is 4.82. The van der Waals surface area contributed by atoms with E-state index < -0.39 is 42.9 Å². The van der Waals surface area contributed by atoms with Crippen LogP contribution in [0.1, 0.15) is 69.3 Å². The molecule has 4 rings (SSSR count). The standard InChI is InChI=1S/C29H28F3N2O5S2.C4H9.Sn/c1-17(2)38-23-14-20(15-24(16-23)39-29(30,31)32)28(3,4)19-7-6-8-21(13-19)33-27(35)26-12-18-11-22(34-41(5,36)37)9-10-25(18)40-26;1-4(2)3;/h7-17,34H,1-5H3,(H,33,35);1-3H3;. The number of rotatable bonds is 10. The molecule has 0 saturated heterocycles. The van der Waals surface area contributed by atoms with Crippen molar-refractivity contribution in [2.24, 2.45) is 0 Å². The Kier molecular flexibility index (Phi) is 10.3. The van der Waals surface area contributed by atoms with Gasteiger partial charge >= 0.3 is 269 Å². The fraction of sp³-hybridized carbons (Fsp3) is 0.364. The number of fused-ring (bicyclic) bond motifs is 1. The first-order chi connectivity index (χ1) is 21.1. The molecular formula is C33H37F3N2O5S2Sn. The van der Waals surface area contributed by atoms with E-state index in [2.05, 4.69) is 41.6 Å². The Morgan fingerprint density at radius 2 is 1.52 bits per heavy atom. The monoisotopic (exact) mass is 782 g/mol. The van der Waals surface area contributed by atoms with Gasteiger partial charge in [-0.15, -0.1) is 0 Å². The second-order valence-electron chi connectivity index (χ2n) is 12.9. The van der Waals surface area contributed by atoms with Crippen molar-refractivity contribution >= 4 is 73.4 Å². The van der Waals surface area contributed by atoms with Crippen molar-refractivity contribution in [3.63, 3.8) is 0 Å². The topological polar surface area (TPSA) is 93.7 Å². The van der Waals surface area contributed by atoms with Crippen LogP contribution < -0.4 is 23.1 Å². The summed E-state index contributed by atoms with van der Waals surface area (Å²) in [5, 5.41) is 3.75. The Balaban J connectivity index is 1.74. The molecule has 4 aromatic rings. The normalized spacial score (nSPS) is 12.8. The molecule has 1 amide bonds. The van der Waals surface area contributed by atoms with Gasteiger partial charge in [0, 0.05) is 0 Å². The molecule has 0 spiro atoms. The van der Waals surface area contributed by atoms with E-state index in [1.54, 1.807) is 44.2 Å². The minimum absolute atomic E-state index is 0.0787. The second-order valence-corrected chi connectivity index (χ2v) is 22.4. The first kappa shape index (κ1) is 35.9. The van der Waals surface area contributed by atoms with Gasteiger partial charge in [-0.25, -0.2) is 8.42 Å². The van der Waals surface area contributed by atoms with E-state index in [1.807, 2.05) is 26.0 Å². The van der Waals surface area contributed by atoms with Crippen LogP contribution >= 0.6 is 11.3 Å². The van der Waals surface area contributed by atoms with Gasteiger partial charge in [0.05, 0.1) is 6.26 Å². The van der Waals surface area contributed by atoms with Crippen LogP contribution in [0.15, 0.2) is 60.7 Å². The number of hydrogen-bond acceptors (Lipinski definition) is 6. The van der Waals surface area contributed by atoms with E-state index in [-0.39, 0.29) is 26.9 Å². The van der Waals surface area contributed by atoms with Gasteiger partial charge in [0.15, 0.2) is 0 Å². The molecule has 0 aliphatic rings. The predicted octanol–water partition coefficient (Wildman–Crippen LogP) is 8.08. The summed E-state index contributed by atoms with van der Waals surface area (Å²) >= 11 is 0.0989. The van der Waals surface area contributed by atoms with E-state index in [9.17, 15) is 26.4 Å². The third-order valence-corrected chi connectivity index (χ3v) is 12.2. The summed E-state index contributed by atoms with van der Waals surface area (Å²) in [5.74, 6) is -0.436. The van der Waals surface area contributed by atoms with Gasteiger partial charge in [0.2, 0.25) is 0 Å². The third-order valence-electron chi connectivity index (χ3n) is 6.68. The second kappa shape index (κ2) is 13.3. The van der Waals surface area contributed by atoms with E-state index in [0.29, 0.717) is 21.8 Å². The zero-order valence-electron chi connectivity index (χ0n) is 26.8. The number of thiophene rings is 1. The number of ether oxygens (including phenoxy) is 2. The molecule has 0 fully saturated rings. The molecule has 0 bridgehead atoms. The van der Waals surface area contributed by atoms with Gasteiger partial charge < -0.3 is 0 Å². The maximum absolute atomic E-state index is 13.5. The van der Waals surface area contributed by atoms with Crippen LogP contribution in [-0.2, 0) is 15.4 Å². The van der Waals surface area contributed by atoms with E-state index >= 15 is 0 Å². The summed E-state index contributed by atoms with van der Waals surface area (Å²) in [7, 11) is -3.45. The van der Waals surface area contributed by atoms with Crippen LogP contribution in [0.2, 0.25) is 3.43 Å². The van der Waals surface area contributed by atoms with E-state index in [0.717, 1.165) is 25.5 Å². The number of carbonyl (C=O) groups excluding carboxylic acids is 1. The first-order valence-electron chi connectivity index (χ1n) is 14.4. The van der Waals surface area contributed by atoms with Crippen molar-refractivity contribution in [2.75, 3.05) is 16.3 Å². The molecule has 2 radical (unpaired) electrons. The Morgan fingerprint density at radius 3 is 2.13 bits per heavy atom. The van der Waals surface area contributed by atoms with E-state index in [4.69, 9.17) is 4.74 Å². The summed E-state index contributed by atoms with van der Waals surface area (Å²) in [6.07, 6.45) is -4.06. The number of carbonyl (C=O) groups is 1. The SMILES string of the molecule is CC(C)Oc1cc(OC(F)(F)F)cc(C(C)(C)c2cc(NC(=O)c3cc4cc(NS(C)(=O)=O)ccc4s3)c[c]([Sn][C](C)(C)C)c2)c1. The Bertz CT molecular complexity index is 1860. The number of benzene rings is 3. The molecule has 0 aliphatic heterocycles. The zero-order chi connectivity index (χ0) is 34.2. The molecule has 1 aromatic heterocycles. The van der Waals surface area contributed by atoms with Crippen molar-refractivity contribution < 1.29 is 35.9 Å². The summed E-state index contributed by atoms with van der Waals surface area (Å²) in [5.41, 5.74) is 1.56. The van der Waals surface area contributed by atoms with Crippen LogP contribution in [0.5, 0.6) is 11.5 Å². The Labute approximate surface area is 282 Å². The number of alkyl halides is 3. The quantitative estimate of drug-likeness (QED) is 0.159. The molecule has 46 heavy (non-hydrogen) atoms. The number of sulfonamides is 1. The Morgan fingerprint density at radius 1 is 0.870 bits per heavy atom. The van der Waals surface area contributed by atoms with Gasteiger partial charge in [-0.2, -0.15) is 0 Å². The molecule has 0 aliphatic carbocycles. The molecule has 0 saturated carbocycles. The zero-order valence-corrected chi connectivity index (χ0v) is 31.3. The third kappa shape index (κ3) is 10.0. The molecule has 1 heterocycles. The average molecular weight is 782 g/mol. The number of hydrogen-bond donors (Lipinski definition) is 2. The van der Waals surface area contributed by atoms with Crippen LogP contribution in [0.25, 0.3) is 10.1 Å². The van der Waals surface area contributed by atoms with Crippen molar-refractivity contribution in [3.05, 3.63) is 76.7 Å². The average Bonchev–Trinajstić information content (AvgIpc) is 3.28. The summed E-state index contributed by atoms with van der Waals surface area (Å²) < 4.78 is 77.6. The van der Waals surface area contributed by atoms with Gasteiger partial charge in [-0.05, 0) is 0 Å². The van der Waals surface area contributed by atoms with Crippen molar-refractivity contribution in [1.82, 2.24) is 0 Å². The van der Waals surface area contributed by atoms with Crippen molar-refractivity contribution in [1.29, 1.82) is 0 Å². The summed E-state index contributed by atoms with van der Waals surface area (Å²) in [6, 6.07) is 17.0. The van der Waals surface area contributed by atoms with Crippen LogP contribution in [0.4, 0.5) is 24.5 Å². The Hall–Kier alpha value is -2.97. The number of nitrogens with one attached hydrogen (secondary N) is 2. The minimum atomic E-state index is -4.87. The van der Waals surface area contributed by atoms with Gasteiger partial charge in [-0.1, -0.05) is 0 Å². The molecule has 7 nitrogen and oxygen atoms in total. The van der Waals surface area contributed by atoms with E-state index in [1.165, 1.54) is 23.5 Å². The van der Waals surface area contributed by atoms with Crippen LogP contribution in [0.3, 0.4) is 0 Å². The summed E-state index contributed by atoms with van der Waals surface area (Å²) in [4.78, 5) is 14.0. The fourth-order valence-corrected chi connectivity index (χ4v) is 10.1. The first-order valence-corrected chi connectivity index (χ1v) is 20.0.